The Balaban J connectivity index is 2.46. The molecule has 0 aliphatic rings. The first-order valence-electron chi connectivity index (χ1n) is 5.18. The molecule has 1 heterocycles. The van der Waals surface area contributed by atoms with Crippen LogP contribution in [0.2, 0.25) is 0 Å². The third-order valence-electron chi connectivity index (χ3n) is 2.56. The molecule has 17 heavy (non-hydrogen) atoms. The molecular formula is C13H13FN2O. The summed E-state index contributed by atoms with van der Waals surface area (Å²) in [5.74, 6) is 0.153. The second-order valence-electron chi connectivity index (χ2n) is 3.79. The number of methoxy groups -OCH3 is 1. The number of nitrogens with two attached hydrogens (primary N) is 1. The van der Waals surface area contributed by atoms with E-state index in [2.05, 4.69) is 4.98 Å². The van der Waals surface area contributed by atoms with Crippen LogP contribution in [0.1, 0.15) is 5.56 Å². The number of hydrogen-bond donors (Lipinski definition) is 1. The van der Waals surface area contributed by atoms with Gasteiger partial charge in [-0.1, -0.05) is 6.07 Å². The first kappa shape index (κ1) is 11.4. The summed E-state index contributed by atoms with van der Waals surface area (Å²) in [5, 5.41) is 0. The molecule has 0 aliphatic carbocycles. The number of halogens is 1. The Morgan fingerprint density at radius 3 is 2.59 bits per heavy atom. The van der Waals surface area contributed by atoms with Crippen molar-refractivity contribution in [2.75, 3.05) is 12.8 Å². The largest absolute Gasteiger partial charge is 0.481 e. The SMILES string of the molecule is COc1ncc(-c2ccc(N)c(F)c2)cc1C. The second kappa shape index (κ2) is 4.41. The van der Waals surface area contributed by atoms with Crippen LogP contribution in [-0.2, 0) is 0 Å². The average Bonchev–Trinajstić information content (AvgIpc) is 2.32. The molecule has 0 atom stereocenters. The smallest absolute Gasteiger partial charge is 0.215 e. The molecule has 0 spiro atoms. The van der Waals surface area contributed by atoms with E-state index in [0.717, 1.165) is 16.7 Å². The maximum atomic E-state index is 13.3. The van der Waals surface area contributed by atoms with E-state index >= 15 is 0 Å². The molecule has 2 aromatic rings. The molecular weight excluding hydrogens is 219 g/mol. The molecule has 88 valence electrons. The van der Waals surface area contributed by atoms with Crippen LogP contribution in [0.4, 0.5) is 10.1 Å². The van der Waals surface area contributed by atoms with Crippen LogP contribution in [0.15, 0.2) is 30.5 Å². The fourth-order valence-corrected chi connectivity index (χ4v) is 1.64. The predicted octanol–water partition coefficient (Wildman–Crippen LogP) is 2.79. The monoisotopic (exact) mass is 232 g/mol. The van der Waals surface area contributed by atoms with Gasteiger partial charge in [0.2, 0.25) is 5.88 Å². The molecule has 0 saturated carbocycles. The van der Waals surface area contributed by atoms with Crippen LogP contribution in [0.25, 0.3) is 11.1 Å². The van der Waals surface area contributed by atoms with E-state index in [9.17, 15) is 4.39 Å². The van der Waals surface area contributed by atoms with Crippen molar-refractivity contribution in [3.8, 4) is 17.0 Å². The lowest BCUT2D eigenvalue weighted by Gasteiger charge is -2.07. The van der Waals surface area contributed by atoms with Gasteiger partial charge < -0.3 is 10.5 Å². The van der Waals surface area contributed by atoms with Crippen molar-refractivity contribution in [3.05, 3.63) is 41.8 Å². The van der Waals surface area contributed by atoms with Crippen molar-refractivity contribution in [3.63, 3.8) is 0 Å². The maximum absolute atomic E-state index is 13.3. The standard InChI is InChI=1S/C13H13FN2O/c1-8-5-10(7-16-13(8)17-2)9-3-4-12(15)11(14)6-9/h3-7H,15H2,1-2H3. The van der Waals surface area contributed by atoms with Crippen LogP contribution in [-0.4, -0.2) is 12.1 Å². The first-order valence-corrected chi connectivity index (χ1v) is 5.18. The van der Waals surface area contributed by atoms with Gasteiger partial charge in [0.05, 0.1) is 12.8 Å². The Morgan fingerprint density at radius 1 is 1.24 bits per heavy atom. The van der Waals surface area contributed by atoms with E-state index in [1.165, 1.54) is 6.07 Å². The average molecular weight is 232 g/mol. The van der Waals surface area contributed by atoms with Crippen LogP contribution in [0.5, 0.6) is 5.88 Å². The van der Waals surface area contributed by atoms with Gasteiger partial charge in [0.15, 0.2) is 0 Å². The highest BCUT2D eigenvalue weighted by atomic mass is 19.1. The van der Waals surface area contributed by atoms with Gasteiger partial charge >= 0.3 is 0 Å². The lowest BCUT2D eigenvalue weighted by atomic mass is 10.1. The number of aryl methyl sites for hydroxylation is 1. The molecule has 0 bridgehead atoms. The van der Waals surface area contributed by atoms with Gasteiger partial charge in [-0.15, -0.1) is 0 Å². The highest BCUT2D eigenvalue weighted by molar-refractivity contribution is 5.66. The number of ether oxygens (including phenoxy) is 1. The summed E-state index contributed by atoms with van der Waals surface area (Å²) in [5.41, 5.74) is 8.06. The number of rotatable bonds is 2. The molecule has 0 saturated heterocycles. The van der Waals surface area contributed by atoms with Crippen LogP contribution >= 0.6 is 0 Å². The summed E-state index contributed by atoms with van der Waals surface area (Å²) in [4.78, 5) is 4.15. The van der Waals surface area contributed by atoms with Crippen molar-refractivity contribution in [1.82, 2.24) is 4.98 Å². The van der Waals surface area contributed by atoms with Gasteiger partial charge in [-0.3, -0.25) is 0 Å². The molecule has 0 radical (unpaired) electrons. The zero-order chi connectivity index (χ0) is 12.4. The van der Waals surface area contributed by atoms with Crippen molar-refractivity contribution < 1.29 is 9.13 Å². The van der Waals surface area contributed by atoms with Crippen molar-refractivity contribution in [1.29, 1.82) is 0 Å². The lowest BCUT2D eigenvalue weighted by Crippen LogP contribution is -1.93. The summed E-state index contributed by atoms with van der Waals surface area (Å²) in [7, 11) is 1.57. The normalized spacial score (nSPS) is 10.3. The fourth-order valence-electron chi connectivity index (χ4n) is 1.64. The minimum atomic E-state index is -0.420. The maximum Gasteiger partial charge on any atom is 0.215 e. The molecule has 2 rings (SSSR count). The molecule has 0 unspecified atom stereocenters. The Hall–Kier alpha value is -2.10. The minimum Gasteiger partial charge on any atom is -0.481 e. The number of anilines is 1. The van der Waals surface area contributed by atoms with Gasteiger partial charge in [0, 0.05) is 17.3 Å². The van der Waals surface area contributed by atoms with Gasteiger partial charge in [-0.25, -0.2) is 9.37 Å². The second-order valence-corrected chi connectivity index (χ2v) is 3.79. The molecule has 1 aromatic carbocycles. The van der Waals surface area contributed by atoms with Crippen LogP contribution in [0.3, 0.4) is 0 Å². The molecule has 2 N–H and O–H groups in total. The van der Waals surface area contributed by atoms with Crippen molar-refractivity contribution in [2.45, 2.75) is 6.92 Å². The summed E-state index contributed by atoms with van der Waals surface area (Å²) >= 11 is 0. The van der Waals surface area contributed by atoms with Crippen LogP contribution in [0, 0.1) is 12.7 Å². The molecule has 0 fully saturated rings. The number of benzene rings is 1. The fraction of sp³-hybridized carbons (Fsp3) is 0.154. The van der Waals surface area contributed by atoms with E-state index in [1.807, 2.05) is 13.0 Å². The number of nitrogens with zero attached hydrogens (tertiary/aromatic N) is 1. The number of hydrogen-bond acceptors (Lipinski definition) is 3. The summed E-state index contributed by atoms with van der Waals surface area (Å²) in [6, 6.07) is 6.61. The van der Waals surface area contributed by atoms with E-state index in [4.69, 9.17) is 10.5 Å². The highest BCUT2D eigenvalue weighted by Gasteiger charge is 2.06. The Kier molecular flexibility index (Phi) is 2.95. The Bertz CT molecular complexity index is 555. The molecule has 1 aromatic heterocycles. The molecule has 3 nitrogen and oxygen atoms in total. The van der Waals surface area contributed by atoms with Crippen LogP contribution < -0.4 is 10.5 Å². The van der Waals surface area contributed by atoms with Gasteiger partial charge in [0.1, 0.15) is 5.82 Å². The third kappa shape index (κ3) is 2.20. The molecule has 0 aliphatic heterocycles. The topological polar surface area (TPSA) is 48.1 Å². The predicted molar refractivity (Wildman–Crippen MR) is 65.3 cm³/mol. The molecule has 0 amide bonds. The number of nitrogen functional groups attached to an aromatic ring is 1. The van der Waals surface area contributed by atoms with E-state index in [0.29, 0.717) is 5.88 Å². The Morgan fingerprint density at radius 2 is 2.00 bits per heavy atom. The minimum absolute atomic E-state index is 0.145. The van der Waals surface area contributed by atoms with Crippen molar-refractivity contribution in [2.24, 2.45) is 0 Å². The van der Waals surface area contributed by atoms with E-state index in [-0.39, 0.29) is 5.69 Å². The van der Waals surface area contributed by atoms with Gasteiger partial charge in [-0.05, 0) is 30.7 Å². The zero-order valence-corrected chi connectivity index (χ0v) is 9.70. The lowest BCUT2D eigenvalue weighted by molar-refractivity contribution is 0.394. The third-order valence-corrected chi connectivity index (χ3v) is 2.56. The molecule has 4 heteroatoms. The summed E-state index contributed by atoms with van der Waals surface area (Å²) in [6.45, 7) is 1.89. The highest BCUT2D eigenvalue weighted by Crippen LogP contribution is 2.25. The van der Waals surface area contributed by atoms with E-state index in [1.54, 1.807) is 25.4 Å². The zero-order valence-electron chi connectivity index (χ0n) is 9.70. The van der Waals surface area contributed by atoms with Gasteiger partial charge in [-0.2, -0.15) is 0 Å². The first-order chi connectivity index (χ1) is 8.11. The van der Waals surface area contributed by atoms with Crippen molar-refractivity contribution >= 4 is 5.69 Å². The Labute approximate surface area is 99.1 Å². The summed E-state index contributed by atoms with van der Waals surface area (Å²) < 4.78 is 18.4. The number of pyridine rings is 1. The summed E-state index contributed by atoms with van der Waals surface area (Å²) in [6.07, 6.45) is 1.65. The number of aromatic nitrogens is 1. The van der Waals surface area contributed by atoms with E-state index < -0.39 is 5.82 Å². The van der Waals surface area contributed by atoms with Gasteiger partial charge in [0.25, 0.3) is 0 Å². The quantitative estimate of drug-likeness (QED) is 0.810.